The van der Waals surface area contributed by atoms with Gasteiger partial charge in [0, 0.05) is 30.9 Å². The van der Waals surface area contributed by atoms with Gasteiger partial charge < -0.3 is 14.7 Å². The van der Waals surface area contributed by atoms with Gasteiger partial charge in [-0.05, 0) is 44.0 Å². The molecule has 4 nitrogen and oxygen atoms in total. The second-order valence-corrected chi connectivity index (χ2v) is 7.53. The first kappa shape index (κ1) is 21.4. The lowest BCUT2D eigenvalue weighted by atomic mass is 9.96. The lowest BCUT2D eigenvalue weighted by Crippen LogP contribution is -2.62. The molecule has 3 rings (SSSR count). The maximum Gasteiger partial charge on any atom is 0.163 e. The van der Waals surface area contributed by atoms with E-state index in [1.54, 1.807) is 6.07 Å². The third-order valence-corrected chi connectivity index (χ3v) is 5.31. The Kier molecular flexibility index (Phi) is 7.40. The number of aromatic hydroxyl groups is 1. The summed E-state index contributed by atoms with van der Waals surface area (Å²) in [7, 11) is 0. The normalized spacial score (nSPS) is 21.6. The molecule has 0 amide bonds. The zero-order valence-electron chi connectivity index (χ0n) is 16.6. The third kappa shape index (κ3) is 4.88. The summed E-state index contributed by atoms with van der Waals surface area (Å²) in [5.74, 6) is 1.26. The van der Waals surface area contributed by atoms with Crippen LogP contribution in [0.4, 0.5) is 5.69 Å². The summed E-state index contributed by atoms with van der Waals surface area (Å²) in [6.07, 6.45) is -0.0996. The summed E-state index contributed by atoms with van der Waals surface area (Å²) in [4.78, 5) is 4.93. The number of ether oxygens (including phenoxy) is 1. The first-order valence-corrected chi connectivity index (χ1v) is 9.49. The molecule has 1 saturated heterocycles. The monoisotopic (exact) mass is 390 g/mol. The highest BCUT2D eigenvalue weighted by Crippen LogP contribution is 2.30. The minimum Gasteiger partial charge on any atom is -0.504 e. The van der Waals surface area contributed by atoms with E-state index in [1.165, 1.54) is 5.69 Å². The van der Waals surface area contributed by atoms with Crippen molar-refractivity contribution in [2.24, 2.45) is 5.92 Å². The lowest BCUT2D eigenvalue weighted by Gasteiger charge is -2.49. The number of para-hydroxylation sites is 3. The van der Waals surface area contributed by atoms with Crippen LogP contribution in [0.5, 0.6) is 11.5 Å². The topological polar surface area (TPSA) is 35.9 Å². The van der Waals surface area contributed by atoms with Crippen molar-refractivity contribution in [3.05, 3.63) is 54.6 Å². The highest BCUT2D eigenvalue weighted by Gasteiger charge is 2.36. The molecule has 0 aromatic heterocycles. The number of hydrogen-bond acceptors (Lipinski definition) is 4. The summed E-state index contributed by atoms with van der Waals surface area (Å²) in [6, 6.07) is 18.6. The number of nitrogens with zero attached hydrogens (tertiary/aromatic N) is 2. The van der Waals surface area contributed by atoms with E-state index >= 15 is 0 Å². The van der Waals surface area contributed by atoms with Crippen molar-refractivity contribution >= 4 is 18.1 Å². The largest absolute Gasteiger partial charge is 0.504 e. The first-order chi connectivity index (χ1) is 12.5. The molecule has 3 atom stereocenters. The number of halogens is 1. The van der Waals surface area contributed by atoms with Gasteiger partial charge in [-0.1, -0.05) is 44.2 Å². The molecular weight excluding hydrogens is 360 g/mol. The molecule has 148 valence electrons. The Morgan fingerprint density at radius 3 is 2.22 bits per heavy atom. The van der Waals surface area contributed by atoms with Crippen molar-refractivity contribution in [1.29, 1.82) is 0 Å². The van der Waals surface area contributed by atoms with E-state index in [-0.39, 0.29) is 24.4 Å². The molecule has 2 aromatic rings. The Balaban J connectivity index is 0.00000261. The fourth-order valence-corrected chi connectivity index (χ4v) is 3.82. The van der Waals surface area contributed by atoms with Gasteiger partial charge in [0.25, 0.3) is 0 Å². The van der Waals surface area contributed by atoms with Crippen LogP contribution in [-0.4, -0.2) is 41.4 Å². The highest BCUT2D eigenvalue weighted by molar-refractivity contribution is 5.85. The Hall–Kier alpha value is -1.91. The van der Waals surface area contributed by atoms with E-state index in [0.717, 1.165) is 13.1 Å². The van der Waals surface area contributed by atoms with Crippen molar-refractivity contribution in [2.75, 3.05) is 18.0 Å². The van der Waals surface area contributed by atoms with Crippen molar-refractivity contribution in [2.45, 2.75) is 46.0 Å². The summed E-state index contributed by atoms with van der Waals surface area (Å²) in [6.45, 7) is 10.8. The van der Waals surface area contributed by atoms with Crippen LogP contribution >= 0.6 is 12.4 Å². The molecule has 1 fully saturated rings. The quantitative estimate of drug-likeness (QED) is 0.797. The van der Waals surface area contributed by atoms with Gasteiger partial charge in [-0.25, -0.2) is 0 Å². The molecule has 0 spiro atoms. The molecule has 0 bridgehead atoms. The Labute approximate surface area is 169 Å². The van der Waals surface area contributed by atoms with Crippen LogP contribution in [0.3, 0.4) is 0 Å². The standard InChI is InChI=1S/C22H30N2O2.ClH/c1-16(2)20-15-23(18(4)26-22-13-9-8-12-21(22)25)17(3)14-24(20)19-10-6-5-7-11-19;/h5-13,16-18,20,25H,14-15H2,1-4H3;1H. The van der Waals surface area contributed by atoms with Crippen LogP contribution in [0.1, 0.15) is 27.7 Å². The smallest absolute Gasteiger partial charge is 0.163 e. The number of hydrogen-bond donors (Lipinski definition) is 1. The highest BCUT2D eigenvalue weighted by atomic mass is 35.5. The molecule has 27 heavy (non-hydrogen) atoms. The Bertz CT molecular complexity index is 710. The van der Waals surface area contributed by atoms with Crippen LogP contribution in [0, 0.1) is 5.92 Å². The molecule has 2 aromatic carbocycles. The van der Waals surface area contributed by atoms with E-state index in [9.17, 15) is 5.11 Å². The SMILES string of the molecule is CC(C)C1CN(C(C)Oc2ccccc2O)C(C)CN1c1ccccc1.Cl. The van der Waals surface area contributed by atoms with E-state index in [2.05, 4.69) is 67.8 Å². The van der Waals surface area contributed by atoms with Crippen molar-refractivity contribution < 1.29 is 9.84 Å². The minimum absolute atomic E-state index is 0. The zero-order valence-corrected chi connectivity index (χ0v) is 17.4. The molecule has 0 saturated carbocycles. The number of piperazine rings is 1. The summed E-state index contributed by atoms with van der Waals surface area (Å²) in [5.41, 5.74) is 1.28. The summed E-state index contributed by atoms with van der Waals surface area (Å²) >= 11 is 0. The molecule has 1 aliphatic rings. The summed E-state index contributed by atoms with van der Waals surface area (Å²) < 4.78 is 6.08. The predicted octanol–water partition coefficient (Wildman–Crippen LogP) is 4.77. The number of rotatable bonds is 5. The number of phenols is 1. The maximum absolute atomic E-state index is 10.0. The van der Waals surface area contributed by atoms with E-state index in [1.807, 2.05) is 18.2 Å². The number of phenolic OH excluding ortho intramolecular Hbond substituents is 1. The lowest BCUT2D eigenvalue weighted by molar-refractivity contribution is -0.00939. The second-order valence-electron chi connectivity index (χ2n) is 7.53. The summed E-state index contributed by atoms with van der Waals surface area (Å²) in [5, 5.41) is 10.0. The van der Waals surface area contributed by atoms with E-state index in [4.69, 9.17) is 4.74 Å². The van der Waals surface area contributed by atoms with Gasteiger partial charge in [0.2, 0.25) is 0 Å². The van der Waals surface area contributed by atoms with Crippen LogP contribution < -0.4 is 9.64 Å². The predicted molar refractivity (Wildman–Crippen MR) is 114 cm³/mol. The number of benzene rings is 2. The van der Waals surface area contributed by atoms with Gasteiger partial charge in [0.1, 0.15) is 6.23 Å². The van der Waals surface area contributed by atoms with Crippen molar-refractivity contribution in [1.82, 2.24) is 4.90 Å². The van der Waals surface area contributed by atoms with Crippen LogP contribution in [0.25, 0.3) is 0 Å². The molecule has 3 unspecified atom stereocenters. The third-order valence-electron chi connectivity index (χ3n) is 5.31. The average Bonchev–Trinajstić information content (AvgIpc) is 2.63. The Morgan fingerprint density at radius 1 is 0.963 bits per heavy atom. The minimum atomic E-state index is -0.0996. The van der Waals surface area contributed by atoms with Crippen LogP contribution in [0.15, 0.2) is 54.6 Å². The van der Waals surface area contributed by atoms with Gasteiger partial charge in [0.05, 0.1) is 0 Å². The maximum atomic E-state index is 10.0. The zero-order chi connectivity index (χ0) is 18.7. The van der Waals surface area contributed by atoms with Crippen LogP contribution in [-0.2, 0) is 0 Å². The molecular formula is C22H31ClN2O2. The van der Waals surface area contributed by atoms with Gasteiger partial charge in [-0.15, -0.1) is 12.4 Å². The van der Waals surface area contributed by atoms with Gasteiger partial charge in [0.15, 0.2) is 11.5 Å². The van der Waals surface area contributed by atoms with Crippen molar-refractivity contribution in [3.8, 4) is 11.5 Å². The van der Waals surface area contributed by atoms with Crippen LogP contribution in [0.2, 0.25) is 0 Å². The Morgan fingerprint density at radius 2 is 1.59 bits per heavy atom. The fraction of sp³-hybridized carbons (Fsp3) is 0.455. The van der Waals surface area contributed by atoms with Crippen molar-refractivity contribution in [3.63, 3.8) is 0 Å². The van der Waals surface area contributed by atoms with Gasteiger partial charge >= 0.3 is 0 Å². The number of anilines is 1. The van der Waals surface area contributed by atoms with Gasteiger partial charge in [-0.3, -0.25) is 4.90 Å². The van der Waals surface area contributed by atoms with Gasteiger partial charge in [-0.2, -0.15) is 0 Å². The fourth-order valence-electron chi connectivity index (χ4n) is 3.82. The van der Waals surface area contributed by atoms with E-state index < -0.39 is 0 Å². The molecule has 5 heteroatoms. The first-order valence-electron chi connectivity index (χ1n) is 9.49. The second kappa shape index (κ2) is 9.34. The molecule has 0 radical (unpaired) electrons. The van der Waals surface area contributed by atoms with E-state index in [0.29, 0.717) is 23.8 Å². The average molecular weight is 391 g/mol. The molecule has 1 aliphatic heterocycles. The molecule has 1 N–H and O–H groups in total. The molecule has 0 aliphatic carbocycles. The molecule has 1 heterocycles.